The van der Waals surface area contributed by atoms with E-state index in [-0.39, 0.29) is 5.57 Å². The van der Waals surface area contributed by atoms with Gasteiger partial charge in [0.25, 0.3) is 0 Å². The average Bonchev–Trinajstić information content (AvgIpc) is 1.87. The summed E-state index contributed by atoms with van der Waals surface area (Å²) >= 11 is 0. The van der Waals surface area contributed by atoms with Crippen molar-refractivity contribution in [2.45, 2.75) is 6.92 Å². The van der Waals surface area contributed by atoms with Crippen LogP contribution in [0.3, 0.4) is 0 Å². The minimum absolute atomic E-state index is 0.176. The smallest absolute Gasteiger partial charge is 0.469 e. The number of hydrogen-bond acceptors (Lipinski definition) is 3. The Morgan fingerprint density at radius 3 is 1.67 bits per heavy atom. The maximum absolute atomic E-state index is 9.60. The van der Waals surface area contributed by atoms with Gasteiger partial charge in [-0.2, -0.15) is 0 Å². The van der Waals surface area contributed by atoms with Crippen LogP contribution in [-0.2, 0) is 13.9 Å². The fourth-order valence-electron chi connectivity index (χ4n) is 0. The maximum atomic E-state index is 9.60. The summed E-state index contributed by atoms with van der Waals surface area (Å²) in [5, 5.41) is 7.89. The molecule has 72 valence electrons. The van der Waals surface area contributed by atoms with Crippen LogP contribution >= 0.6 is 7.82 Å². The lowest BCUT2D eigenvalue weighted by molar-refractivity contribution is -0.132. The first-order chi connectivity index (χ1) is 5.20. The highest BCUT2D eigenvalue weighted by Crippen LogP contribution is 2.33. The Hall–Kier alpha value is -0.680. The first kappa shape index (κ1) is 13.9. The molecule has 7 heteroatoms. The molecule has 6 nitrogen and oxygen atoms in total. The fourth-order valence-corrected chi connectivity index (χ4v) is 0. The Balaban J connectivity index is 0. The Kier molecular flexibility index (Phi) is 6.83. The highest BCUT2D eigenvalue weighted by molar-refractivity contribution is 7.46. The molecule has 0 amide bonds. The molecule has 0 fully saturated rings. The number of carboxylic acid groups (broad SMARTS) is 1. The molecule has 0 aliphatic rings. The molecule has 0 saturated carbocycles. The molecule has 0 aliphatic carbocycles. The molecule has 0 bridgehead atoms. The molecule has 0 radical (unpaired) electrons. The van der Waals surface area contributed by atoms with Crippen LogP contribution in [0.5, 0.6) is 0 Å². The van der Waals surface area contributed by atoms with Gasteiger partial charge in [0.15, 0.2) is 0 Å². The van der Waals surface area contributed by atoms with Crippen LogP contribution in [0.1, 0.15) is 6.92 Å². The highest BCUT2D eigenvalue weighted by Gasteiger charge is 2.07. The highest BCUT2D eigenvalue weighted by atomic mass is 31.2. The summed E-state index contributed by atoms with van der Waals surface area (Å²) in [6.45, 7) is 4.60. The van der Waals surface area contributed by atoms with Crippen molar-refractivity contribution in [2.75, 3.05) is 7.11 Å². The Labute approximate surface area is 69.7 Å². The Morgan fingerprint density at radius 1 is 1.50 bits per heavy atom. The minimum Gasteiger partial charge on any atom is -0.478 e. The van der Waals surface area contributed by atoms with E-state index in [1.807, 2.05) is 0 Å². The second-order valence-electron chi connectivity index (χ2n) is 1.76. The van der Waals surface area contributed by atoms with Crippen LogP contribution in [0.4, 0.5) is 0 Å². The summed E-state index contributed by atoms with van der Waals surface area (Å²) in [5.74, 6) is -0.935. The zero-order chi connectivity index (χ0) is 10.4. The number of phosphoric acid groups is 1. The van der Waals surface area contributed by atoms with Gasteiger partial charge in [0, 0.05) is 12.7 Å². The van der Waals surface area contributed by atoms with Crippen molar-refractivity contribution in [1.29, 1.82) is 0 Å². The van der Waals surface area contributed by atoms with Gasteiger partial charge in [0.05, 0.1) is 0 Å². The molecule has 12 heavy (non-hydrogen) atoms. The maximum Gasteiger partial charge on any atom is 0.469 e. The van der Waals surface area contributed by atoms with Crippen molar-refractivity contribution in [3.63, 3.8) is 0 Å². The molecule has 0 aromatic carbocycles. The van der Waals surface area contributed by atoms with Crippen molar-refractivity contribution in [2.24, 2.45) is 0 Å². The van der Waals surface area contributed by atoms with Gasteiger partial charge in [0.1, 0.15) is 0 Å². The van der Waals surface area contributed by atoms with Crippen LogP contribution in [0.15, 0.2) is 12.2 Å². The largest absolute Gasteiger partial charge is 0.478 e. The molecular weight excluding hydrogens is 187 g/mol. The van der Waals surface area contributed by atoms with Gasteiger partial charge < -0.3 is 14.9 Å². The summed E-state index contributed by atoms with van der Waals surface area (Å²) < 4.78 is 13.1. The van der Waals surface area contributed by atoms with Gasteiger partial charge in [-0.15, -0.1) is 0 Å². The van der Waals surface area contributed by atoms with E-state index in [1.165, 1.54) is 6.92 Å². The SMILES string of the molecule is C=C(C)C(=O)O.COP(=O)(O)O. The third kappa shape index (κ3) is 16.2. The third-order valence-corrected chi connectivity index (χ3v) is 1.08. The number of phosphoric ester groups is 1. The molecule has 0 aromatic rings. The standard InChI is InChI=1S/C4H6O2.CH5O4P/c1-3(2)4(5)6;1-5-6(2,3)4/h1H2,2H3,(H,5,6);1H3,(H2,2,3,4). The summed E-state index contributed by atoms with van der Waals surface area (Å²) in [4.78, 5) is 25.0. The molecule has 0 atom stereocenters. The predicted octanol–water partition coefficient (Wildman–Crippen LogP) is 0.373. The average molecular weight is 198 g/mol. The van der Waals surface area contributed by atoms with Gasteiger partial charge in [0.2, 0.25) is 0 Å². The molecule has 0 heterocycles. The quantitative estimate of drug-likeness (QED) is 0.437. The number of carboxylic acids is 1. The van der Waals surface area contributed by atoms with E-state index in [0.29, 0.717) is 0 Å². The van der Waals surface area contributed by atoms with Crippen molar-refractivity contribution in [3.05, 3.63) is 12.2 Å². The Morgan fingerprint density at radius 2 is 1.67 bits per heavy atom. The van der Waals surface area contributed by atoms with E-state index in [0.717, 1.165) is 7.11 Å². The zero-order valence-electron chi connectivity index (χ0n) is 6.72. The second-order valence-corrected chi connectivity index (χ2v) is 3.10. The van der Waals surface area contributed by atoms with Crippen LogP contribution in [-0.4, -0.2) is 28.0 Å². The van der Waals surface area contributed by atoms with Crippen LogP contribution in [0.25, 0.3) is 0 Å². The molecule has 0 aromatic heterocycles. The summed E-state index contributed by atoms with van der Waals surface area (Å²) in [7, 11) is -3.20. The molecule has 0 rings (SSSR count). The first-order valence-corrected chi connectivity index (χ1v) is 4.23. The fraction of sp³-hybridized carbons (Fsp3) is 0.400. The van der Waals surface area contributed by atoms with E-state index >= 15 is 0 Å². The van der Waals surface area contributed by atoms with Crippen LogP contribution in [0, 0.1) is 0 Å². The molecular formula is C5H11O6P. The van der Waals surface area contributed by atoms with Gasteiger partial charge in [-0.3, -0.25) is 4.52 Å². The summed E-state index contributed by atoms with van der Waals surface area (Å²) in [6.07, 6.45) is 0. The van der Waals surface area contributed by atoms with Crippen molar-refractivity contribution in [1.82, 2.24) is 0 Å². The lowest BCUT2D eigenvalue weighted by Crippen LogP contribution is -1.92. The van der Waals surface area contributed by atoms with Crippen LogP contribution in [0.2, 0.25) is 0 Å². The van der Waals surface area contributed by atoms with Crippen molar-refractivity contribution >= 4 is 13.8 Å². The van der Waals surface area contributed by atoms with Gasteiger partial charge >= 0.3 is 13.8 Å². The van der Waals surface area contributed by atoms with Crippen molar-refractivity contribution < 1.29 is 28.8 Å². The minimum atomic E-state index is -4.15. The van der Waals surface area contributed by atoms with Gasteiger partial charge in [-0.05, 0) is 6.92 Å². The summed E-state index contributed by atoms with van der Waals surface area (Å²) in [5.41, 5.74) is 0.176. The lowest BCUT2D eigenvalue weighted by Gasteiger charge is -1.93. The predicted molar refractivity (Wildman–Crippen MR) is 41.5 cm³/mol. The molecule has 0 spiro atoms. The normalized spacial score (nSPS) is 9.67. The van der Waals surface area contributed by atoms with E-state index in [2.05, 4.69) is 11.1 Å². The number of rotatable bonds is 2. The first-order valence-electron chi connectivity index (χ1n) is 2.70. The summed E-state index contributed by atoms with van der Waals surface area (Å²) in [6, 6.07) is 0. The lowest BCUT2D eigenvalue weighted by atomic mass is 10.4. The van der Waals surface area contributed by atoms with Crippen LogP contribution < -0.4 is 0 Å². The zero-order valence-corrected chi connectivity index (χ0v) is 7.62. The van der Waals surface area contributed by atoms with E-state index in [1.54, 1.807) is 0 Å². The number of aliphatic carboxylic acids is 1. The topological polar surface area (TPSA) is 104 Å². The van der Waals surface area contributed by atoms with E-state index < -0.39 is 13.8 Å². The second kappa shape index (κ2) is 5.91. The molecule has 0 aliphatic heterocycles. The van der Waals surface area contributed by atoms with Crippen molar-refractivity contribution in [3.8, 4) is 0 Å². The third-order valence-electron chi connectivity index (χ3n) is 0.603. The van der Waals surface area contributed by atoms with E-state index in [4.69, 9.17) is 14.9 Å². The van der Waals surface area contributed by atoms with Gasteiger partial charge in [-0.25, -0.2) is 9.36 Å². The molecule has 0 unspecified atom stereocenters. The monoisotopic (exact) mass is 198 g/mol. The van der Waals surface area contributed by atoms with Gasteiger partial charge in [-0.1, -0.05) is 6.58 Å². The molecule has 0 saturated heterocycles. The number of hydrogen-bond donors (Lipinski definition) is 3. The number of carbonyl (C=O) groups is 1. The Bertz CT molecular complexity index is 192. The molecule has 3 N–H and O–H groups in total. The van der Waals surface area contributed by atoms with E-state index in [9.17, 15) is 9.36 Å².